The molecule has 3 aliphatic rings. The van der Waals surface area contributed by atoms with Gasteiger partial charge in [-0.05, 0) is 62.7 Å². The van der Waals surface area contributed by atoms with Crippen molar-refractivity contribution in [2.75, 3.05) is 64.3 Å². The highest BCUT2D eigenvalue weighted by molar-refractivity contribution is 7.86. The maximum Gasteiger partial charge on any atom is 0.300 e. The van der Waals surface area contributed by atoms with Crippen molar-refractivity contribution < 1.29 is 45.3 Å². The van der Waals surface area contributed by atoms with Crippen molar-refractivity contribution in [1.29, 1.82) is 0 Å². The molecule has 0 saturated carbocycles. The molecule has 0 amide bonds. The zero-order valence-electron chi connectivity index (χ0n) is 28.5. The lowest BCUT2D eigenvalue weighted by atomic mass is 10.0. The summed E-state index contributed by atoms with van der Waals surface area (Å²) in [6.45, 7) is 9.12. The van der Waals surface area contributed by atoms with Gasteiger partial charge in [-0.2, -0.15) is 16.8 Å². The van der Waals surface area contributed by atoms with Crippen molar-refractivity contribution in [2.45, 2.75) is 49.8 Å². The Kier molecular flexibility index (Phi) is 12.3. The van der Waals surface area contributed by atoms with Crippen LogP contribution in [0.25, 0.3) is 22.6 Å². The van der Waals surface area contributed by atoms with Crippen LogP contribution in [0.15, 0.2) is 43.5 Å². The van der Waals surface area contributed by atoms with Crippen LogP contribution in [0.5, 0.6) is 11.5 Å². The van der Waals surface area contributed by atoms with Gasteiger partial charge in [-0.25, -0.2) is 4.98 Å². The Morgan fingerprint density at radius 3 is 2.16 bits per heavy atom. The van der Waals surface area contributed by atoms with Gasteiger partial charge >= 0.3 is 10.1 Å². The predicted octanol–water partition coefficient (Wildman–Crippen LogP) is 3.95. The Balaban J connectivity index is 1.63. The molecule has 5 N–H and O–H groups in total. The van der Waals surface area contributed by atoms with Gasteiger partial charge in [0.05, 0.1) is 30.8 Å². The number of aliphatic hydroxyl groups is 2. The van der Waals surface area contributed by atoms with E-state index in [9.17, 15) is 36.2 Å². The lowest BCUT2D eigenvalue weighted by Crippen LogP contribution is -2.30. The Morgan fingerprint density at radius 1 is 0.882 bits per heavy atom. The Bertz CT molecular complexity index is 2180. The third-order valence-corrected chi connectivity index (χ3v) is 11.0. The fourth-order valence-corrected chi connectivity index (χ4v) is 8.19. The number of aliphatic hydroxyl groups excluding tert-OH is 2. The van der Waals surface area contributed by atoms with Crippen LogP contribution >= 0.6 is 11.6 Å². The number of fused-ring (bicyclic) bond motifs is 4. The number of anilines is 2. The maximum atomic E-state index is 12.8. The van der Waals surface area contributed by atoms with Crippen LogP contribution in [-0.4, -0.2) is 110 Å². The number of benzene rings is 3. The first-order valence-electron chi connectivity index (χ1n) is 16.6. The Labute approximate surface area is 301 Å². The third kappa shape index (κ3) is 8.16. The molecule has 1 aliphatic carbocycles. The summed E-state index contributed by atoms with van der Waals surface area (Å²) in [7, 11) is -9.65. The number of aryl methyl sites for hydroxylation is 2. The first-order valence-corrected chi connectivity index (χ1v) is 19.9. The highest BCUT2D eigenvalue weighted by Gasteiger charge is 2.34. The monoisotopic (exact) mass is 767 g/mol. The normalized spacial score (nSPS) is 13.6. The van der Waals surface area contributed by atoms with Crippen LogP contribution in [0.3, 0.4) is 0 Å². The van der Waals surface area contributed by atoms with Crippen LogP contribution in [0, 0.1) is 0 Å². The number of hydrogen-bond donors (Lipinski definition) is 5. The summed E-state index contributed by atoms with van der Waals surface area (Å²) in [5.74, 6) is -0.237. The van der Waals surface area contributed by atoms with Crippen molar-refractivity contribution >= 4 is 54.3 Å². The molecule has 278 valence electrons. The molecule has 2 aromatic carbocycles. The summed E-state index contributed by atoms with van der Waals surface area (Å²) in [4.78, 5) is 12.1. The molecule has 2 heterocycles. The first-order chi connectivity index (χ1) is 24.3. The van der Waals surface area contributed by atoms with Gasteiger partial charge in [0.25, 0.3) is 10.1 Å². The van der Waals surface area contributed by atoms with Crippen molar-refractivity contribution in [3.63, 3.8) is 0 Å². The zero-order valence-corrected chi connectivity index (χ0v) is 30.9. The van der Waals surface area contributed by atoms with Gasteiger partial charge in [0.1, 0.15) is 26.8 Å². The van der Waals surface area contributed by atoms with E-state index in [2.05, 4.69) is 15.3 Å². The number of ether oxygens (including phenoxy) is 1. The first kappa shape index (κ1) is 38.8. The lowest BCUT2D eigenvalue weighted by molar-refractivity contribution is 0.200. The van der Waals surface area contributed by atoms with Crippen LogP contribution < -0.4 is 15.4 Å². The van der Waals surface area contributed by atoms with Crippen LogP contribution in [0.1, 0.15) is 38.3 Å². The van der Waals surface area contributed by atoms with Crippen molar-refractivity contribution in [3.05, 3.63) is 45.8 Å². The van der Waals surface area contributed by atoms with Gasteiger partial charge in [-0.1, -0.05) is 38.4 Å². The number of aromatic nitrogens is 1. The maximum absolute atomic E-state index is 12.8. The minimum Gasteiger partial charge on any atom is -0.451 e. The molecule has 0 bridgehead atoms. The van der Waals surface area contributed by atoms with Gasteiger partial charge in [0.15, 0.2) is 27.7 Å². The number of rotatable bonds is 16. The van der Waals surface area contributed by atoms with Crippen molar-refractivity contribution in [1.82, 2.24) is 14.8 Å². The molecule has 2 aliphatic heterocycles. The van der Waals surface area contributed by atoms with E-state index in [1.54, 1.807) is 12.1 Å². The van der Waals surface area contributed by atoms with E-state index in [1.807, 2.05) is 30.6 Å². The van der Waals surface area contributed by atoms with Crippen LogP contribution in [0.4, 0.5) is 11.4 Å². The van der Waals surface area contributed by atoms with Crippen molar-refractivity contribution in [3.8, 4) is 23.0 Å². The second kappa shape index (κ2) is 16.1. The molecular formula is C33H42ClN5O10S2. The van der Waals surface area contributed by atoms with Crippen molar-refractivity contribution in [2.24, 2.45) is 4.99 Å². The summed E-state index contributed by atoms with van der Waals surface area (Å²) in [6.07, 6.45) is 1.14. The molecule has 0 unspecified atom stereocenters. The Hall–Kier alpha value is -3.39. The van der Waals surface area contributed by atoms with Crippen LogP contribution in [-0.2, 0) is 33.1 Å². The largest absolute Gasteiger partial charge is 0.451 e. The molecule has 15 nitrogen and oxygen atoms in total. The van der Waals surface area contributed by atoms with E-state index in [0.717, 1.165) is 0 Å². The molecule has 0 spiro atoms. The van der Waals surface area contributed by atoms with E-state index >= 15 is 0 Å². The predicted molar refractivity (Wildman–Crippen MR) is 192 cm³/mol. The summed E-state index contributed by atoms with van der Waals surface area (Å²) in [6, 6.07) is 6.10. The van der Waals surface area contributed by atoms with E-state index in [4.69, 9.17) is 20.8 Å². The third-order valence-electron chi connectivity index (χ3n) is 8.80. The van der Waals surface area contributed by atoms with Crippen LogP contribution in [0.2, 0.25) is 5.02 Å². The van der Waals surface area contributed by atoms with E-state index in [1.165, 1.54) is 12.1 Å². The molecule has 0 fully saturated rings. The number of hydrogen-bond acceptors (Lipinski definition) is 13. The summed E-state index contributed by atoms with van der Waals surface area (Å²) >= 11 is 6.90. The van der Waals surface area contributed by atoms with Gasteiger partial charge in [-0.3, -0.25) is 19.0 Å². The number of likely N-dealkylation sites (N-methyl/N-ethyl adjacent to an activating group) is 2. The summed E-state index contributed by atoms with van der Waals surface area (Å²) in [5.41, 5.74) is 1.47. The summed E-state index contributed by atoms with van der Waals surface area (Å²) < 4.78 is 84.3. The molecule has 51 heavy (non-hydrogen) atoms. The zero-order chi connectivity index (χ0) is 37.1. The number of nitrogens with one attached hydrogen (secondary N) is 1. The molecule has 0 aromatic heterocycles. The molecule has 0 saturated heterocycles. The topological polar surface area (TPSA) is 215 Å². The average Bonchev–Trinajstić information content (AvgIpc) is 3.08. The SMILES string of the molecule is CCc1c2c(c(Cl)c3oc4c(S(=O)(=O)O)c(=NCCN(CC)CCO)ccc-4nc13)Nc1ccc(CCCN(CC)CCO)c(S(=O)(=O)O)c1O2. The average molecular weight is 768 g/mol. The minimum absolute atomic E-state index is 0.000178. The highest BCUT2D eigenvalue weighted by Crippen LogP contribution is 2.53. The molecule has 18 heteroatoms. The molecule has 2 aromatic rings. The second-order valence-electron chi connectivity index (χ2n) is 11.9. The quantitative estimate of drug-likeness (QED) is 0.0710. The fraction of sp³-hybridized carbons (Fsp3) is 0.455. The van der Waals surface area contributed by atoms with Gasteiger partial charge in [-0.15, -0.1) is 0 Å². The second-order valence-corrected chi connectivity index (χ2v) is 15.0. The number of nitrogens with zero attached hydrogens (tertiary/aromatic N) is 4. The molecule has 0 radical (unpaired) electrons. The smallest absolute Gasteiger partial charge is 0.300 e. The standard InChI is InChI=1S/C33H42ClN5O10S2/c1-4-21-26-31(49-30-23(36-26)11-12-24(33(30)51(45,46)47)35-13-15-39(6-3)17-19-41)25(34)27-28(21)48-29-22(37-27)10-9-20(32(29)50(42,43)44)8-7-14-38(5-2)16-18-40/h9-12,37,40-41H,4-8,13-19H2,1-3H3,(H,42,43,44)(H,45,46,47). The van der Waals surface area contributed by atoms with Gasteiger partial charge in [0, 0.05) is 25.2 Å². The van der Waals surface area contributed by atoms with E-state index in [0.29, 0.717) is 69.7 Å². The highest BCUT2D eigenvalue weighted by atomic mass is 35.5. The fourth-order valence-electron chi connectivity index (χ4n) is 6.26. The summed E-state index contributed by atoms with van der Waals surface area (Å²) in [5, 5.41) is 21.6. The van der Waals surface area contributed by atoms with Gasteiger partial charge in [0.2, 0.25) is 0 Å². The Morgan fingerprint density at radius 2 is 1.55 bits per heavy atom. The molecule has 0 atom stereocenters. The van der Waals surface area contributed by atoms with E-state index in [-0.39, 0.29) is 80.5 Å². The van der Waals surface area contributed by atoms with Gasteiger partial charge < -0.3 is 29.6 Å². The minimum atomic E-state index is -4.88. The van der Waals surface area contributed by atoms with E-state index < -0.39 is 25.1 Å². The lowest BCUT2D eigenvalue weighted by Gasteiger charge is -2.28. The number of halogens is 1. The molecular weight excluding hydrogens is 726 g/mol. The molecule has 5 rings (SSSR count).